The molecule has 0 spiro atoms. The molecule has 0 aliphatic carbocycles. The summed E-state index contributed by atoms with van der Waals surface area (Å²) in [7, 11) is 0. The number of nitrogen functional groups attached to an aromatic ring is 1. The van der Waals surface area contributed by atoms with Crippen LogP contribution in [0.2, 0.25) is 5.02 Å². The molecule has 3 N–H and O–H groups in total. The normalized spacial score (nSPS) is 10.3. The van der Waals surface area contributed by atoms with Crippen LogP contribution in [0, 0.1) is 6.92 Å². The number of carbonyl (C=O) groups excluding carboxylic acids is 1. The summed E-state index contributed by atoms with van der Waals surface area (Å²) in [5, 5.41) is 3.33. The smallest absolute Gasteiger partial charge is 0.255 e. The van der Waals surface area contributed by atoms with E-state index in [1.54, 1.807) is 30.3 Å². The summed E-state index contributed by atoms with van der Waals surface area (Å²) < 4.78 is 0.796. The summed E-state index contributed by atoms with van der Waals surface area (Å²) in [5.74, 6) is -0.207. The van der Waals surface area contributed by atoms with E-state index in [1.165, 1.54) is 0 Å². The molecule has 2 rings (SSSR count). The third kappa shape index (κ3) is 3.28. The SMILES string of the molecule is Cc1ccc(Cl)cc1C(=O)Nc1ccc(Br)c(N)c1. The molecule has 0 saturated carbocycles. The summed E-state index contributed by atoms with van der Waals surface area (Å²) in [6.45, 7) is 1.86. The lowest BCUT2D eigenvalue weighted by molar-refractivity contribution is 0.102. The number of rotatable bonds is 2. The summed E-state index contributed by atoms with van der Waals surface area (Å²) in [5.41, 5.74) is 8.40. The summed E-state index contributed by atoms with van der Waals surface area (Å²) in [6, 6.07) is 10.5. The van der Waals surface area contributed by atoms with Crippen LogP contribution in [0.25, 0.3) is 0 Å². The first-order valence-electron chi connectivity index (χ1n) is 5.60. The molecular weight excluding hydrogens is 328 g/mol. The Kier molecular flexibility index (Phi) is 4.12. The number of benzene rings is 2. The van der Waals surface area contributed by atoms with E-state index in [9.17, 15) is 4.79 Å². The predicted molar refractivity (Wildman–Crippen MR) is 82.7 cm³/mol. The molecule has 0 atom stereocenters. The molecule has 0 aromatic heterocycles. The Hall–Kier alpha value is -1.52. The number of nitrogens with two attached hydrogens (primary N) is 1. The molecule has 2 aromatic rings. The van der Waals surface area contributed by atoms with Gasteiger partial charge in [0.15, 0.2) is 0 Å². The molecule has 3 nitrogen and oxygen atoms in total. The van der Waals surface area contributed by atoms with Gasteiger partial charge in [-0.2, -0.15) is 0 Å². The Bertz CT molecular complexity index is 643. The van der Waals surface area contributed by atoms with Gasteiger partial charge in [0.2, 0.25) is 0 Å². The van der Waals surface area contributed by atoms with Gasteiger partial charge in [0.1, 0.15) is 0 Å². The summed E-state index contributed by atoms with van der Waals surface area (Å²) >= 11 is 9.21. The van der Waals surface area contributed by atoms with Gasteiger partial charge < -0.3 is 11.1 Å². The van der Waals surface area contributed by atoms with Crippen molar-refractivity contribution in [2.24, 2.45) is 0 Å². The number of anilines is 2. The number of hydrogen-bond acceptors (Lipinski definition) is 2. The van der Waals surface area contributed by atoms with Crippen LogP contribution < -0.4 is 11.1 Å². The second-order valence-electron chi connectivity index (χ2n) is 4.15. The van der Waals surface area contributed by atoms with Gasteiger partial charge in [-0.25, -0.2) is 0 Å². The molecule has 0 heterocycles. The van der Waals surface area contributed by atoms with Crippen LogP contribution in [0.5, 0.6) is 0 Å². The minimum atomic E-state index is -0.207. The second kappa shape index (κ2) is 5.63. The molecule has 0 fully saturated rings. The van der Waals surface area contributed by atoms with Crippen molar-refractivity contribution in [2.75, 3.05) is 11.1 Å². The topological polar surface area (TPSA) is 55.1 Å². The Morgan fingerprint density at radius 3 is 2.68 bits per heavy atom. The van der Waals surface area contributed by atoms with Crippen molar-refractivity contribution in [3.05, 3.63) is 57.0 Å². The van der Waals surface area contributed by atoms with Crippen molar-refractivity contribution in [1.82, 2.24) is 0 Å². The van der Waals surface area contributed by atoms with Gasteiger partial charge in [-0.15, -0.1) is 0 Å². The lowest BCUT2D eigenvalue weighted by Crippen LogP contribution is -2.13. The number of aryl methyl sites for hydroxylation is 1. The molecule has 98 valence electrons. The van der Waals surface area contributed by atoms with E-state index in [-0.39, 0.29) is 5.91 Å². The van der Waals surface area contributed by atoms with E-state index in [0.717, 1.165) is 10.0 Å². The maximum atomic E-state index is 12.2. The fraction of sp³-hybridized carbons (Fsp3) is 0.0714. The Morgan fingerprint density at radius 1 is 1.26 bits per heavy atom. The fourth-order valence-corrected chi connectivity index (χ4v) is 2.08. The van der Waals surface area contributed by atoms with Gasteiger partial charge in [-0.1, -0.05) is 17.7 Å². The lowest BCUT2D eigenvalue weighted by Gasteiger charge is -2.09. The van der Waals surface area contributed by atoms with E-state index in [4.69, 9.17) is 17.3 Å². The van der Waals surface area contributed by atoms with Crippen LogP contribution in [0.15, 0.2) is 40.9 Å². The minimum absolute atomic E-state index is 0.207. The minimum Gasteiger partial charge on any atom is -0.398 e. The van der Waals surface area contributed by atoms with Crippen molar-refractivity contribution in [2.45, 2.75) is 6.92 Å². The highest BCUT2D eigenvalue weighted by molar-refractivity contribution is 9.10. The van der Waals surface area contributed by atoms with Gasteiger partial charge in [0.05, 0.1) is 0 Å². The number of halogens is 2. The molecule has 0 bridgehead atoms. The van der Waals surface area contributed by atoms with E-state index in [2.05, 4.69) is 21.2 Å². The Labute approximate surface area is 124 Å². The molecule has 2 aromatic carbocycles. The van der Waals surface area contributed by atoms with Gasteiger partial charge in [-0.05, 0) is 58.7 Å². The highest BCUT2D eigenvalue weighted by Gasteiger charge is 2.10. The first kappa shape index (κ1) is 13.9. The van der Waals surface area contributed by atoms with E-state index < -0.39 is 0 Å². The molecule has 0 saturated heterocycles. The predicted octanol–water partition coefficient (Wildman–Crippen LogP) is 4.25. The van der Waals surface area contributed by atoms with Gasteiger partial charge in [0, 0.05) is 26.4 Å². The quantitative estimate of drug-likeness (QED) is 0.804. The molecule has 0 aliphatic heterocycles. The number of hydrogen-bond donors (Lipinski definition) is 2. The first-order valence-corrected chi connectivity index (χ1v) is 6.77. The summed E-state index contributed by atoms with van der Waals surface area (Å²) in [4.78, 5) is 12.2. The maximum Gasteiger partial charge on any atom is 0.255 e. The van der Waals surface area contributed by atoms with Crippen molar-refractivity contribution in [3.8, 4) is 0 Å². The molecular formula is C14H12BrClN2O. The average Bonchev–Trinajstić information content (AvgIpc) is 2.36. The van der Waals surface area contributed by atoms with Crippen LogP contribution >= 0.6 is 27.5 Å². The zero-order valence-corrected chi connectivity index (χ0v) is 12.5. The van der Waals surface area contributed by atoms with E-state index >= 15 is 0 Å². The van der Waals surface area contributed by atoms with Crippen LogP contribution in [-0.4, -0.2) is 5.91 Å². The maximum absolute atomic E-state index is 12.2. The van der Waals surface area contributed by atoms with Gasteiger partial charge >= 0.3 is 0 Å². The number of carbonyl (C=O) groups is 1. The van der Waals surface area contributed by atoms with Crippen LogP contribution in [0.4, 0.5) is 11.4 Å². The molecule has 0 aliphatic rings. The summed E-state index contributed by atoms with van der Waals surface area (Å²) in [6.07, 6.45) is 0. The lowest BCUT2D eigenvalue weighted by atomic mass is 10.1. The van der Waals surface area contributed by atoms with Crippen molar-refractivity contribution in [3.63, 3.8) is 0 Å². The van der Waals surface area contributed by atoms with Crippen LogP contribution in [-0.2, 0) is 0 Å². The Morgan fingerprint density at radius 2 is 2.00 bits per heavy atom. The monoisotopic (exact) mass is 338 g/mol. The van der Waals surface area contributed by atoms with Crippen molar-refractivity contribution >= 4 is 44.8 Å². The van der Waals surface area contributed by atoms with Crippen LogP contribution in [0.3, 0.4) is 0 Å². The molecule has 19 heavy (non-hydrogen) atoms. The molecule has 5 heteroatoms. The second-order valence-corrected chi connectivity index (χ2v) is 5.44. The number of amides is 1. The third-order valence-electron chi connectivity index (χ3n) is 2.70. The highest BCUT2D eigenvalue weighted by Crippen LogP contribution is 2.24. The number of nitrogens with one attached hydrogen (secondary N) is 1. The molecule has 0 radical (unpaired) electrons. The van der Waals surface area contributed by atoms with Gasteiger partial charge in [-0.3, -0.25) is 4.79 Å². The average molecular weight is 340 g/mol. The highest BCUT2D eigenvalue weighted by atomic mass is 79.9. The van der Waals surface area contributed by atoms with Gasteiger partial charge in [0.25, 0.3) is 5.91 Å². The largest absolute Gasteiger partial charge is 0.398 e. The molecule has 0 unspecified atom stereocenters. The Balaban J connectivity index is 2.25. The van der Waals surface area contributed by atoms with E-state index in [1.807, 2.05) is 13.0 Å². The zero-order chi connectivity index (χ0) is 14.0. The van der Waals surface area contributed by atoms with E-state index in [0.29, 0.717) is 22.0 Å². The fourth-order valence-electron chi connectivity index (χ4n) is 1.66. The third-order valence-corrected chi connectivity index (χ3v) is 3.66. The standard InChI is InChI=1S/C14H12BrClN2O/c1-8-2-3-9(16)6-11(8)14(19)18-10-4-5-12(15)13(17)7-10/h2-7H,17H2,1H3,(H,18,19). The zero-order valence-electron chi connectivity index (χ0n) is 10.2. The first-order chi connectivity index (χ1) is 8.97. The van der Waals surface area contributed by atoms with Crippen molar-refractivity contribution in [1.29, 1.82) is 0 Å². The van der Waals surface area contributed by atoms with Crippen LogP contribution in [0.1, 0.15) is 15.9 Å². The van der Waals surface area contributed by atoms with Crippen molar-refractivity contribution < 1.29 is 4.79 Å². The molecule has 1 amide bonds.